The van der Waals surface area contributed by atoms with Gasteiger partial charge in [0.15, 0.2) is 0 Å². The molecule has 78 valence electrons. The summed E-state index contributed by atoms with van der Waals surface area (Å²) in [6.45, 7) is 0. The number of benzene rings is 1. The van der Waals surface area contributed by atoms with Crippen molar-refractivity contribution in [3.63, 3.8) is 0 Å². The van der Waals surface area contributed by atoms with Gasteiger partial charge in [0.2, 0.25) is 0 Å². The van der Waals surface area contributed by atoms with Gasteiger partial charge in [0.05, 0.1) is 13.0 Å². The summed E-state index contributed by atoms with van der Waals surface area (Å²) in [6, 6.07) is 6.89. The molecule has 2 unspecified atom stereocenters. The first-order chi connectivity index (χ1) is 7.27. The van der Waals surface area contributed by atoms with Crippen molar-refractivity contribution in [2.24, 2.45) is 11.1 Å². The zero-order valence-corrected chi connectivity index (χ0v) is 8.34. The Labute approximate surface area is 87.2 Å². The molecule has 2 atom stereocenters. The molecule has 0 bridgehead atoms. The summed E-state index contributed by atoms with van der Waals surface area (Å²) in [7, 11) is 1.33. The minimum Gasteiger partial charge on any atom is -0.469 e. The lowest BCUT2D eigenvalue weighted by molar-refractivity contribution is -0.145. The fourth-order valence-electron chi connectivity index (χ4n) is 2.07. The van der Waals surface area contributed by atoms with Gasteiger partial charge < -0.3 is 4.74 Å². The Kier molecular flexibility index (Phi) is 2.49. The number of fused-ring (bicyclic) bond motifs is 1. The number of methoxy groups -OCH3 is 1. The third kappa shape index (κ3) is 1.52. The number of esters is 1. The van der Waals surface area contributed by atoms with E-state index in [9.17, 15) is 9.70 Å². The fraction of sp³-hybridized carbons (Fsp3) is 0.364. The summed E-state index contributed by atoms with van der Waals surface area (Å²) in [4.78, 5) is 22.2. The average Bonchev–Trinajstić information content (AvgIpc) is 2.66. The molecular formula is C11H11NO3. The Morgan fingerprint density at radius 3 is 2.87 bits per heavy atom. The Morgan fingerprint density at radius 2 is 2.20 bits per heavy atom. The lowest BCUT2D eigenvalue weighted by Crippen LogP contribution is -2.19. The van der Waals surface area contributed by atoms with E-state index in [0.29, 0.717) is 6.42 Å². The molecule has 0 aliphatic heterocycles. The van der Waals surface area contributed by atoms with Gasteiger partial charge in [0, 0.05) is 0 Å². The van der Waals surface area contributed by atoms with E-state index in [1.807, 2.05) is 24.3 Å². The second kappa shape index (κ2) is 3.81. The summed E-state index contributed by atoms with van der Waals surface area (Å²) in [5.41, 5.74) is 1.86. The molecule has 4 nitrogen and oxygen atoms in total. The zero-order chi connectivity index (χ0) is 10.8. The van der Waals surface area contributed by atoms with Crippen molar-refractivity contribution in [3.05, 3.63) is 40.3 Å². The summed E-state index contributed by atoms with van der Waals surface area (Å²) >= 11 is 0. The highest BCUT2D eigenvalue weighted by Gasteiger charge is 2.38. The maximum Gasteiger partial charge on any atom is 0.311 e. The van der Waals surface area contributed by atoms with E-state index in [1.54, 1.807) is 0 Å². The third-order valence-electron chi connectivity index (χ3n) is 2.81. The van der Waals surface area contributed by atoms with Gasteiger partial charge in [0.25, 0.3) is 0 Å². The van der Waals surface area contributed by atoms with Gasteiger partial charge in [-0.15, -0.1) is 0 Å². The Balaban J connectivity index is 2.36. The van der Waals surface area contributed by atoms with E-state index < -0.39 is 12.0 Å². The lowest BCUT2D eigenvalue weighted by atomic mass is 10.0. The van der Waals surface area contributed by atoms with Crippen LogP contribution in [0.2, 0.25) is 0 Å². The van der Waals surface area contributed by atoms with Crippen molar-refractivity contribution >= 4 is 5.97 Å². The van der Waals surface area contributed by atoms with E-state index in [1.165, 1.54) is 7.11 Å². The number of hydrogen-bond donors (Lipinski definition) is 0. The van der Waals surface area contributed by atoms with Gasteiger partial charge >= 0.3 is 5.97 Å². The summed E-state index contributed by atoms with van der Waals surface area (Å²) in [5, 5.41) is 3.03. The number of hydrogen-bond acceptors (Lipinski definition) is 4. The number of nitroso groups, excluding NO2 is 1. The zero-order valence-electron chi connectivity index (χ0n) is 8.34. The molecule has 0 saturated carbocycles. The van der Waals surface area contributed by atoms with Crippen LogP contribution in [0.1, 0.15) is 17.2 Å². The number of carbonyl (C=O) groups excluding carboxylic acids is 1. The molecule has 0 saturated heterocycles. The minimum atomic E-state index is -0.589. The van der Waals surface area contributed by atoms with Crippen LogP contribution in [0.3, 0.4) is 0 Å². The van der Waals surface area contributed by atoms with Crippen molar-refractivity contribution < 1.29 is 9.53 Å². The second-order valence-corrected chi connectivity index (χ2v) is 3.58. The predicted octanol–water partition coefficient (Wildman–Crippen LogP) is 1.84. The molecule has 1 aliphatic rings. The SMILES string of the molecule is COC(=O)C1Cc2ccccc2C1N=O. The molecule has 0 fully saturated rings. The predicted molar refractivity (Wildman–Crippen MR) is 54.2 cm³/mol. The molecule has 1 aromatic rings. The number of rotatable bonds is 2. The van der Waals surface area contributed by atoms with Gasteiger partial charge in [0.1, 0.15) is 6.04 Å². The highest BCUT2D eigenvalue weighted by atomic mass is 16.5. The van der Waals surface area contributed by atoms with E-state index in [2.05, 4.69) is 9.91 Å². The van der Waals surface area contributed by atoms with Crippen molar-refractivity contribution in [3.8, 4) is 0 Å². The largest absolute Gasteiger partial charge is 0.469 e. The molecule has 0 aromatic heterocycles. The smallest absolute Gasteiger partial charge is 0.311 e. The number of nitrogens with zero attached hydrogens (tertiary/aromatic N) is 1. The first-order valence-corrected chi connectivity index (χ1v) is 4.76. The molecule has 0 heterocycles. The van der Waals surface area contributed by atoms with Crippen LogP contribution in [0.5, 0.6) is 0 Å². The molecule has 2 rings (SSSR count). The minimum absolute atomic E-state index is 0.365. The van der Waals surface area contributed by atoms with E-state index >= 15 is 0 Å². The van der Waals surface area contributed by atoms with E-state index in [0.717, 1.165) is 11.1 Å². The van der Waals surface area contributed by atoms with E-state index in [-0.39, 0.29) is 5.97 Å². The highest BCUT2D eigenvalue weighted by molar-refractivity contribution is 5.75. The Morgan fingerprint density at radius 1 is 1.47 bits per heavy atom. The van der Waals surface area contributed by atoms with Crippen LogP contribution in [0, 0.1) is 10.8 Å². The fourth-order valence-corrected chi connectivity index (χ4v) is 2.07. The van der Waals surface area contributed by atoms with Crippen molar-refractivity contribution in [2.75, 3.05) is 7.11 Å². The molecule has 15 heavy (non-hydrogen) atoms. The van der Waals surface area contributed by atoms with Crippen molar-refractivity contribution in [1.82, 2.24) is 0 Å². The van der Waals surface area contributed by atoms with Gasteiger partial charge in [-0.05, 0) is 17.5 Å². The molecule has 4 heteroatoms. The number of ether oxygens (including phenoxy) is 1. The van der Waals surface area contributed by atoms with Crippen LogP contribution in [0.15, 0.2) is 29.4 Å². The molecular weight excluding hydrogens is 194 g/mol. The number of carbonyl (C=O) groups is 1. The van der Waals surface area contributed by atoms with Gasteiger partial charge in [-0.25, -0.2) is 0 Å². The monoisotopic (exact) mass is 205 g/mol. The topological polar surface area (TPSA) is 55.7 Å². The Bertz CT molecular complexity index is 403. The van der Waals surface area contributed by atoms with Crippen LogP contribution in [0.25, 0.3) is 0 Å². The Hall–Kier alpha value is -1.71. The highest BCUT2D eigenvalue weighted by Crippen LogP contribution is 2.39. The first kappa shape index (κ1) is 9.83. The van der Waals surface area contributed by atoms with Gasteiger partial charge in [-0.2, -0.15) is 4.91 Å². The van der Waals surface area contributed by atoms with Crippen LogP contribution in [-0.4, -0.2) is 13.1 Å². The maximum absolute atomic E-state index is 11.4. The average molecular weight is 205 g/mol. The molecule has 0 amide bonds. The van der Waals surface area contributed by atoms with Gasteiger partial charge in [-0.1, -0.05) is 29.4 Å². The standard InChI is InChI=1S/C11H11NO3/c1-15-11(13)9-6-7-4-2-3-5-8(7)10(9)12-14/h2-5,9-10H,6H2,1H3. The molecule has 0 radical (unpaired) electrons. The van der Waals surface area contributed by atoms with Crippen LogP contribution in [0.4, 0.5) is 0 Å². The van der Waals surface area contributed by atoms with Crippen molar-refractivity contribution in [2.45, 2.75) is 12.5 Å². The quantitative estimate of drug-likeness (QED) is 0.546. The molecule has 1 aromatic carbocycles. The van der Waals surface area contributed by atoms with Crippen LogP contribution in [-0.2, 0) is 16.0 Å². The van der Waals surface area contributed by atoms with Crippen LogP contribution >= 0.6 is 0 Å². The summed E-state index contributed by atoms with van der Waals surface area (Å²) < 4.78 is 4.66. The normalized spacial score (nSPS) is 23.3. The maximum atomic E-state index is 11.4. The van der Waals surface area contributed by atoms with Gasteiger partial charge in [-0.3, -0.25) is 4.79 Å². The van der Waals surface area contributed by atoms with Crippen LogP contribution < -0.4 is 0 Å². The third-order valence-corrected chi connectivity index (χ3v) is 2.81. The first-order valence-electron chi connectivity index (χ1n) is 4.76. The molecule has 0 N–H and O–H groups in total. The second-order valence-electron chi connectivity index (χ2n) is 3.58. The lowest BCUT2D eigenvalue weighted by Gasteiger charge is -2.10. The van der Waals surface area contributed by atoms with Crippen molar-refractivity contribution in [1.29, 1.82) is 0 Å². The summed E-state index contributed by atoms with van der Waals surface area (Å²) in [6.07, 6.45) is 0.541. The molecule has 0 spiro atoms. The molecule has 1 aliphatic carbocycles. The summed E-state index contributed by atoms with van der Waals surface area (Å²) in [5.74, 6) is -0.819. The van der Waals surface area contributed by atoms with E-state index in [4.69, 9.17) is 0 Å².